The summed E-state index contributed by atoms with van der Waals surface area (Å²) in [5, 5.41) is 0. The summed E-state index contributed by atoms with van der Waals surface area (Å²) in [7, 11) is 0. The number of halogens is 5. The van der Waals surface area contributed by atoms with Gasteiger partial charge in [-0.2, -0.15) is 22.0 Å². The highest BCUT2D eigenvalue weighted by molar-refractivity contribution is 5.06. The molecule has 0 spiro atoms. The van der Waals surface area contributed by atoms with E-state index in [0.717, 1.165) is 12.4 Å². The standard InChI is InChI=1S/C9H9F5N2.C2H6/c1-6-4-16-7(5-15-6)8(10,11)2-3-9(12,13)14;1-2/h4-5H,2-3H2,1H3;1-2H3. The van der Waals surface area contributed by atoms with Crippen LogP contribution >= 0.6 is 0 Å². The van der Waals surface area contributed by atoms with Crippen LogP contribution in [-0.2, 0) is 5.92 Å². The molecule has 0 aliphatic carbocycles. The molecule has 0 aliphatic heterocycles. The molecule has 0 aliphatic rings. The molecule has 1 rings (SSSR count). The van der Waals surface area contributed by atoms with Gasteiger partial charge < -0.3 is 0 Å². The highest BCUT2D eigenvalue weighted by Gasteiger charge is 2.39. The van der Waals surface area contributed by atoms with Gasteiger partial charge in [-0.05, 0) is 6.92 Å². The van der Waals surface area contributed by atoms with Gasteiger partial charge in [0, 0.05) is 19.0 Å². The van der Waals surface area contributed by atoms with Crippen LogP contribution in [0.25, 0.3) is 0 Å². The fraction of sp³-hybridized carbons (Fsp3) is 0.636. The second-order valence-electron chi connectivity index (χ2n) is 3.36. The van der Waals surface area contributed by atoms with E-state index in [0.29, 0.717) is 5.69 Å². The normalized spacial score (nSPS) is 11.8. The van der Waals surface area contributed by atoms with E-state index < -0.39 is 30.6 Å². The molecule has 7 heteroatoms. The lowest BCUT2D eigenvalue weighted by molar-refractivity contribution is -0.153. The second-order valence-corrected chi connectivity index (χ2v) is 3.36. The lowest BCUT2D eigenvalue weighted by Gasteiger charge is -2.16. The molecular formula is C11H15F5N2. The van der Waals surface area contributed by atoms with Crippen LogP contribution < -0.4 is 0 Å². The van der Waals surface area contributed by atoms with E-state index in [9.17, 15) is 22.0 Å². The molecular weight excluding hydrogens is 255 g/mol. The summed E-state index contributed by atoms with van der Waals surface area (Å²) in [6.07, 6.45) is -5.56. The van der Waals surface area contributed by atoms with Gasteiger partial charge in [0.2, 0.25) is 0 Å². The Balaban J connectivity index is 0.00000137. The van der Waals surface area contributed by atoms with Gasteiger partial charge in [0.25, 0.3) is 5.92 Å². The third kappa shape index (κ3) is 5.88. The molecule has 0 saturated carbocycles. The van der Waals surface area contributed by atoms with E-state index in [2.05, 4.69) is 9.97 Å². The molecule has 0 amide bonds. The predicted molar refractivity (Wildman–Crippen MR) is 57.3 cm³/mol. The van der Waals surface area contributed by atoms with E-state index in [1.54, 1.807) is 6.92 Å². The number of nitrogens with zero attached hydrogens (tertiary/aromatic N) is 2. The maximum absolute atomic E-state index is 13.2. The summed E-state index contributed by atoms with van der Waals surface area (Å²) in [6, 6.07) is 0. The molecule has 1 aromatic heterocycles. The summed E-state index contributed by atoms with van der Waals surface area (Å²) in [5.74, 6) is -3.60. The number of alkyl halides is 5. The zero-order valence-corrected chi connectivity index (χ0v) is 10.4. The molecule has 1 heterocycles. The van der Waals surface area contributed by atoms with Gasteiger partial charge in [0.1, 0.15) is 5.69 Å². The Morgan fingerprint density at radius 2 is 1.50 bits per heavy atom. The Hall–Kier alpha value is -1.27. The Morgan fingerprint density at radius 1 is 0.944 bits per heavy atom. The first kappa shape index (κ1) is 16.7. The maximum Gasteiger partial charge on any atom is 0.389 e. The molecule has 0 unspecified atom stereocenters. The van der Waals surface area contributed by atoms with E-state index in [1.165, 1.54) is 0 Å². The van der Waals surface area contributed by atoms with Gasteiger partial charge in [-0.25, -0.2) is 0 Å². The molecule has 2 nitrogen and oxygen atoms in total. The van der Waals surface area contributed by atoms with Crippen molar-refractivity contribution in [2.75, 3.05) is 0 Å². The Morgan fingerprint density at radius 3 is 1.89 bits per heavy atom. The smallest absolute Gasteiger partial charge is 0.258 e. The van der Waals surface area contributed by atoms with E-state index in [1.807, 2.05) is 13.8 Å². The van der Waals surface area contributed by atoms with Gasteiger partial charge in [0.15, 0.2) is 0 Å². The van der Waals surface area contributed by atoms with E-state index in [-0.39, 0.29) is 0 Å². The van der Waals surface area contributed by atoms with Crippen molar-refractivity contribution in [3.05, 3.63) is 23.8 Å². The molecule has 0 aromatic carbocycles. The molecule has 0 N–H and O–H groups in total. The van der Waals surface area contributed by atoms with Gasteiger partial charge >= 0.3 is 6.18 Å². The zero-order valence-electron chi connectivity index (χ0n) is 10.4. The fourth-order valence-corrected chi connectivity index (χ4v) is 1.01. The lowest BCUT2D eigenvalue weighted by Crippen LogP contribution is -2.20. The summed E-state index contributed by atoms with van der Waals surface area (Å²) < 4.78 is 61.8. The zero-order chi connectivity index (χ0) is 14.4. The van der Waals surface area contributed by atoms with Crippen molar-refractivity contribution >= 4 is 0 Å². The molecule has 0 radical (unpaired) electrons. The topological polar surface area (TPSA) is 25.8 Å². The first-order valence-electron chi connectivity index (χ1n) is 5.44. The Bertz CT molecular complexity index is 345. The van der Waals surface area contributed by atoms with Crippen molar-refractivity contribution in [1.82, 2.24) is 9.97 Å². The average Bonchev–Trinajstić information content (AvgIpc) is 2.29. The van der Waals surface area contributed by atoms with Crippen LogP contribution in [0.5, 0.6) is 0 Å². The number of aromatic nitrogens is 2. The third-order valence-corrected chi connectivity index (χ3v) is 1.88. The van der Waals surface area contributed by atoms with Gasteiger partial charge in [0.05, 0.1) is 11.9 Å². The van der Waals surface area contributed by atoms with Gasteiger partial charge in [-0.3, -0.25) is 9.97 Å². The van der Waals surface area contributed by atoms with Gasteiger partial charge in [-0.15, -0.1) is 0 Å². The number of hydrogen-bond acceptors (Lipinski definition) is 2. The van der Waals surface area contributed by atoms with Crippen LogP contribution in [-0.4, -0.2) is 16.1 Å². The molecule has 104 valence electrons. The minimum Gasteiger partial charge on any atom is -0.258 e. The number of hydrogen-bond donors (Lipinski definition) is 0. The molecule has 0 fully saturated rings. The van der Waals surface area contributed by atoms with Crippen molar-refractivity contribution in [2.45, 2.75) is 45.7 Å². The highest BCUT2D eigenvalue weighted by Crippen LogP contribution is 2.35. The van der Waals surface area contributed by atoms with Crippen LogP contribution in [0.1, 0.15) is 38.1 Å². The predicted octanol–water partition coefficient (Wildman–Crippen LogP) is 4.25. The quantitative estimate of drug-likeness (QED) is 0.767. The second kappa shape index (κ2) is 6.61. The van der Waals surface area contributed by atoms with Gasteiger partial charge in [-0.1, -0.05) is 13.8 Å². The summed E-state index contributed by atoms with van der Waals surface area (Å²) in [4.78, 5) is 6.94. The van der Waals surface area contributed by atoms with Crippen molar-refractivity contribution < 1.29 is 22.0 Å². The minimum atomic E-state index is -4.60. The van der Waals surface area contributed by atoms with Crippen molar-refractivity contribution in [1.29, 1.82) is 0 Å². The van der Waals surface area contributed by atoms with Crippen LogP contribution in [0.3, 0.4) is 0 Å². The Labute approximate surface area is 102 Å². The minimum absolute atomic E-state index is 0.426. The summed E-state index contributed by atoms with van der Waals surface area (Å²) >= 11 is 0. The van der Waals surface area contributed by atoms with Crippen LogP contribution in [0.15, 0.2) is 12.4 Å². The van der Waals surface area contributed by atoms with Crippen molar-refractivity contribution in [2.24, 2.45) is 0 Å². The molecule has 1 aromatic rings. The molecule has 0 saturated heterocycles. The van der Waals surface area contributed by atoms with E-state index >= 15 is 0 Å². The number of aryl methyl sites for hydroxylation is 1. The van der Waals surface area contributed by atoms with Crippen LogP contribution in [0.2, 0.25) is 0 Å². The van der Waals surface area contributed by atoms with Crippen LogP contribution in [0.4, 0.5) is 22.0 Å². The first-order valence-corrected chi connectivity index (χ1v) is 5.44. The molecule has 0 bridgehead atoms. The highest BCUT2D eigenvalue weighted by atomic mass is 19.4. The third-order valence-electron chi connectivity index (χ3n) is 1.88. The monoisotopic (exact) mass is 270 g/mol. The van der Waals surface area contributed by atoms with Crippen molar-refractivity contribution in [3.63, 3.8) is 0 Å². The summed E-state index contributed by atoms with van der Waals surface area (Å²) in [6.45, 7) is 5.55. The SMILES string of the molecule is CC.Cc1cnc(C(F)(F)CCC(F)(F)F)cn1. The first-order chi connectivity index (χ1) is 8.21. The maximum atomic E-state index is 13.2. The largest absolute Gasteiger partial charge is 0.389 e. The van der Waals surface area contributed by atoms with Crippen LogP contribution in [0, 0.1) is 6.92 Å². The Kier molecular flexibility index (Phi) is 6.14. The fourth-order valence-electron chi connectivity index (χ4n) is 1.01. The van der Waals surface area contributed by atoms with E-state index in [4.69, 9.17) is 0 Å². The molecule has 18 heavy (non-hydrogen) atoms. The summed E-state index contributed by atoms with van der Waals surface area (Å²) in [5.41, 5.74) is -0.308. The molecule has 0 atom stereocenters. The lowest BCUT2D eigenvalue weighted by atomic mass is 10.1. The number of rotatable bonds is 3. The van der Waals surface area contributed by atoms with Crippen molar-refractivity contribution in [3.8, 4) is 0 Å². The average molecular weight is 270 g/mol.